The maximum atomic E-state index is 11.3. The van der Waals surface area contributed by atoms with E-state index in [2.05, 4.69) is 32.8 Å². The molecule has 0 aliphatic heterocycles. The molecule has 0 fully saturated rings. The van der Waals surface area contributed by atoms with E-state index < -0.39 is 5.91 Å². The fraction of sp³-hybridized carbons (Fsp3) is 0.235. The number of benzene rings is 4. The Labute approximate surface area is 260 Å². The minimum absolute atomic E-state index is 0.189. The van der Waals surface area contributed by atoms with Gasteiger partial charge in [0.25, 0.3) is 5.91 Å². The van der Waals surface area contributed by atoms with Gasteiger partial charge >= 0.3 is 5.97 Å². The molecule has 226 valence electrons. The molecule has 4 rings (SSSR count). The molecule has 4 aromatic rings. The summed E-state index contributed by atoms with van der Waals surface area (Å²) in [5, 5.41) is 0. The third kappa shape index (κ3) is 11.5. The molecule has 9 heteroatoms. The number of hydrogen-bond acceptors (Lipinski definition) is 7. The van der Waals surface area contributed by atoms with Gasteiger partial charge in [0.05, 0.1) is 32.5 Å². The number of rotatable bonds is 14. The third-order valence-electron chi connectivity index (χ3n) is 6.09. The van der Waals surface area contributed by atoms with E-state index in [9.17, 15) is 9.59 Å². The number of ether oxygens (including phenoxy) is 5. The second-order valence-electron chi connectivity index (χ2n) is 9.14. The summed E-state index contributed by atoms with van der Waals surface area (Å²) in [6, 6.07) is 31.0. The monoisotopic (exact) mass is 649 g/mol. The Morgan fingerprint density at radius 1 is 0.767 bits per heavy atom. The molecule has 4 aromatic carbocycles. The van der Waals surface area contributed by atoms with Crippen molar-refractivity contribution >= 4 is 27.8 Å². The molecule has 1 amide bonds. The summed E-state index contributed by atoms with van der Waals surface area (Å²) in [4.78, 5) is 22.5. The molecule has 43 heavy (non-hydrogen) atoms. The Bertz CT molecular complexity index is 1430. The van der Waals surface area contributed by atoms with Crippen molar-refractivity contribution in [2.75, 3.05) is 40.6 Å². The Morgan fingerprint density at radius 3 is 2.16 bits per heavy atom. The summed E-state index contributed by atoms with van der Waals surface area (Å²) in [5.74, 6) is 1.37. The first-order valence-electron chi connectivity index (χ1n) is 13.7. The molecule has 0 atom stereocenters. The molecule has 0 unspecified atom stereocenters. The number of hydrogen-bond donors (Lipinski definition) is 1. The molecule has 0 bridgehead atoms. The van der Waals surface area contributed by atoms with Gasteiger partial charge in [-0.25, -0.2) is 0 Å². The average Bonchev–Trinajstić information content (AvgIpc) is 3.03. The zero-order valence-electron chi connectivity index (χ0n) is 24.3. The van der Waals surface area contributed by atoms with Crippen LogP contribution in [0.3, 0.4) is 0 Å². The average molecular weight is 651 g/mol. The lowest BCUT2D eigenvalue weighted by molar-refractivity contribution is -0.140. The van der Waals surface area contributed by atoms with Crippen LogP contribution in [0, 0.1) is 0 Å². The Kier molecular flexibility index (Phi) is 14.2. The standard InChI is InChI=1S/C22H20O3.C12H16BrNO4/c1-24-22(23)16-13-17-11-14-18(15-12-17)20-9-5-6-10-21(20)25-19-7-3-2-4-8-19;1-16-4-5-17-6-7-18-11-3-2-9(13)8-10(11)12(14)15/h2-12,14-15H,13,16H2,1H3;2-3,8H,4-7H2,1H3,(H2,14,15). The number of para-hydroxylation sites is 2. The molecule has 0 radical (unpaired) electrons. The van der Waals surface area contributed by atoms with E-state index in [-0.39, 0.29) is 5.97 Å². The molecule has 0 aliphatic carbocycles. The zero-order valence-corrected chi connectivity index (χ0v) is 25.9. The molecule has 0 aliphatic rings. The fourth-order valence-electron chi connectivity index (χ4n) is 3.88. The second-order valence-corrected chi connectivity index (χ2v) is 10.1. The van der Waals surface area contributed by atoms with E-state index in [4.69, 9.17) is 24.7 Å². The number of methoxy groups -OCH3 is 2. The summed E-state index contributed by atoms with van der Waals surface area (Å²) in [7, 11) is 3.02. The Balaban J connectivity index is 0.000000250. The van der Waals surface area contributed by atoms with Crippen molar-refractivity contribution in [1.82, 2.24) is 0 Å². The van der Waals surface area contributed by atoms with Gasteiger partial charge < -0.3 is 29.4 Å². The summed E-state index contributed by atoms with van der Waals surface area (Å²) in [6.07, 6.45) is 1.07. The van der Waals surface area contributed by atoms with Gasteiger partial charge in [-0.3, -0.25) is 9.59 Å². The first kappa shape index (κ1) is 33.3. The maximum absolute atomic E-state index is 11.3. The van der Waals surface area contributed by atoms with Crippen LogP contribution in [0.5, 0.6) is 17.2 Å². The minimum Gasteiger partial charge on any atom is -0.490 e. The highest BCUT2D eigenvalue weighted by Crippen LogP contribution is 2.33. The van der Waals surface area contributed by atoms with Crippen LogP contribution in [0.1, 0.15) is 22.3 Å². The summed E-state index contributed by atoms with van der Waals surface area (Å²) in [6.45, 7) is 1.84. The number of aryl methyl sites for hydroxylation is 1. The lowest BCUT2D eigenvalue weighted by Gasteiger charge is -2.12. The first-order chi connectivity index (χ1) is 20.9. The second kappa shape index (κ2) is 18.4. The lowest BCUT2D eigenvalue weighted by atomic mass is 10.0. The van der Waals surface area contributed by atoms with Crippen molar-refractivity contribution in [2.45, 2.75) is 12.8 Å². The van der Waals surface area contributed by atoms with Gasteiger partial charge in [-0.15, -0.1) is 0 Å². The van der Waals surface area contributed by atoms with Gasteiger partial charge in [0, 0.05) is 23.6 Å². The van der Waals surface area contributed by atoms with E-state index in [0.29, 0.717) is 50.6 Å². The van der Waals surface area contributed by atoms with E-state index in [1.165, 1.54) is 7.11 Å². The number of carbonyl (C=O) groups is 2. The summed E-state index contributed by atoms with van der Waals surface area (Å²) in [5.41, 5.74) is 8.83. The number of esters is 1. The summed E-state index contributed by atoms with van der Waals surface area (Å²) >= 11 is 3.27. The van der Waals surface area contributed by atoms with Gasteiger partial charge in [0.1, 0.15) is 23.9 Å². The maximum Gasteiger partial charge on any atom is 0.305 e. The van der Waals surface area contributed by atoms with E-state index in [1.54, 1.807) is 25.3 Å². The van der Waals surface area contributed by atoms with Crippen LogP contribution in [-0.4, -0.2) is 52.5 Å². The van der Waals surface area contributed by atoms with Crippen molar-refractivity contribution in [3.05, 3.63) is 113 Å². The van der Waals surface area contributed by atoms with Crippen molar-refractivity contribution in [1.29, 1.82) is 0 Å². The highest BCUT2D eigenvalue weighted by atomic mass is 79.9. The molecule has 0 saturated heterocycles. The molecule has 0 heterocycles. The Hall–Kier alpha value is -4.18. The number of primary amides is 1. The van der Waals surface area contributed by atoms with E-state index in [0.717, 1.165) is 32.7 Å². The molecule has 8 nitrogen and oxygen atoms in total. The Morgan fingerprint density at radius 2 is 1.47 bits per heavy atom. The number of halogens is 1. The molecular formula is C34H36BrNO7. The van der Waals surface area contributed by atoms with Crippen LogP contribution in [0.15, 0.2) is 102 Å². The van der Waals surface area contributed by atoms with Crippen LogP contribution in [0.25, 0.3) is 11.1 Å². The number of carbonyl (C=O) groups excluding carboxylic acids is 2. The van der Waals surface area contributed by atoms with Crippen LogP contribution in [0.4, 0.5) is 0 Å². The van der Waals surface area contributed by atoms with Crippen molar-refractivity contribution in [3.8, 4) is 28.4 Å². The van der Waals surface area contributed by atoms with Crippen LogP contribution in [-0.2, 0) is 25.4 Å². The SMILES string of the molecule is COC(=O)CCc1ccc(-c2ccccc2Oc2ccccc2)cc1.COCCOCCOc1ccc(Br)cc1C(N)=O. The van der Waals surface area contributed by atoms with Gasteiger partial charge in [-0.2, -0.15) is 0 Å². The lowest BCUT2D eigenvalue weighted by Crippen LogP contribution is -2.15. The van der Waals surface area contributed by atoms with Gasteiger partial charge in [-0.1, -0.05) is 76.6 Å². The molecule has 2 N–H and O–H groups in total. The van der Waals surface area contributed by atoms with Gasteiger partial charge in [0.15, 0.2) is 0 Å². The molecule has 0 aromatic heterocycles. The highest BCUT2D eigenvalue weighted by molar-refractivity contribution is 9.10. The molecule has 0 spiro atoms. The largest absolute Gasteiger partial charge is 0.490 e. The predicted octanol–water partition coefficient (Wildman–Crippen LogP) is 6.84. The highest BCUT2D eigenvalue weighted by Gasteiger charge is 2.10. The topological polar surface area (TPSA) is 106 Å². The van der Waals surface area contributed by atoms with Crippen LogP contribution >= 0.6 is 15.9 Å². The fourth-order valence-corrected chi connectivity index (χ4v) is 4.25. The minimum atomic E-state index is -0.522. The van der Waals surface area contributed by atoms with E-state index in [1.807, 2.05) is 66.7 Å². The number of nitrogens with two attached hydrogens (primary N) is 1. The van der Waals surface area contributed by atoms with Crippen molar-refractivity contribution < 1.29 is 33.3 Å². The van der Waals surface area contributed by atoms with Crippen LogP contribution < -0.4 is 15.2 Å². The van der Waals surface area contributed by atoms with Gasteiger partial charge in [0.2, 0.25) is 0 Å². The van der Waals surface area contributed by atoms with Crippen molar-refractivity contribution in [2.24, 2.45) is 5.73 Å². The molecular weight excluding hydrogens is 614 g/mol. The third-order valence-corrected chi connectivity index (χ3v) is 6.59. The number of amides is 1. The normalized spacial score (nSPS) is 10.3. The summed E-state index contributed by atoms with van der Waals surface area (Å²) < 4.78 is 27.0. The van der Waals surface area contributed by atoms with Gasteiger partial charge in [-0.05, 0) is 53.9 Å². The first-order valence-corrected chi connectivity index (χ1v) is 14.5. The van der Waals surface area contributed by atoms with E-state index >= 15 is 0 Å². The van der Waals surface area contributed by atoms with Crippen molar-refractivity contribution in [3.63, 3.8) is 0 Å². The smallest absolute Gasteiger partial charge is 0.305 e. The zero-order chi connectivity index (χ0) is 30.9. The molecule has 0 saturated carbocycles. The van der Waals surface area contributed by atoms with Crippen LogP contribution in [0.2, 0.25) is 0 Å². The predicted molar refractivity (Wildman–Crippen MR) is 170 cm³/mol. The quantitative estimate of drug-likeness (QED) is 0.118.